The molecule has 0 aliphatic carbocycles. The molecule has 1 rings (SSSR count). The maximum Gasteiger partial charge on any atom is 0.186 e. The second kappa shape index (κ2) is 6.17. The molecule has 0 radical (unpaired) electrons. The van der Waals surface area contributed by atoms with Crippen LogP contribution in [-0.4, -0.2) is 22.1 Å². The molecular formula is C12H20ClN3O. The molecule has 1 atom stereocenters. The van der Waals surface area contributed by atoms with E-state index in [1.807, 2.05) is 20.8 Å². The van der Waals surface area contributed by atoms with Crippen LogP contribution in [-0.2, 0) is 0 Å². The number of rotatable bonds is 6. The van der Waals surface area contributed by atoms with Gasteiger partial charge in [-0.2, -0.15) is 5.10 Å². The minimum Gasteiger partial charge on any atom is -0.330 e. The monoisotopic (exact) mass is 257 g/mol. The zero-order valence-electron chi connectivity index (χ0n) is 10.6. The van der Waals surface area contributed by atoms with E-state index in [1.54, 1.807) is 4.68 Å². The second-order valence-electron chi connectivity index (χ2n) is 4.46. The minimum absolute atomic E-state index is 0.00514. The van der Waals surface area contributed by atoms with Crippen LogP contribution >= 0.6 is 11.6 Å². The van der Waals surface area contributed by atoms with Crippen molar-refractivity contribution in [1.82, 2.24) is 9.78 Å². The van der Waals surface area contributed by atoms with Gasteiger partial charge in [0.2, 0.25) is 0 Å². The lowest BCUT2D eigenvalue weighted by Gasteiger charge is -2.16. The number of Topliss-reactive ketones (excluding diaryl/α,β-unsaturated/α-hetero) is 1. The predicted octanol–water partition coefficient (Wildman–Crippen LogP) is 2.68. The minimum atomic E-state index is -0.160. The Morgan fingerprint density at radius 3 is 2.71 bits per heavy atom. The van der Waals surface area contributed by atoms with Crippen LogP contribution in [0.5, 0.6) is 0 Å². The summed E-state index contributed by atoms with van der Waals surface area (Å²) in [7, 11) is 0. The summed E-state index contributed by atoms with van der Waals surface area (Å²) in [5.41, 5.74) is 6.14. The molecule has 1 unspecified atom stereocenters. The van der Waals surface area contributed by atoms with E-state index in [2.05, 4.69) is 5.10 Å². The Morgan fingerprint density at radius 2 is 2.24 bits per heavy atom. The van der Waals surface area contributed by atoms with Crippen molar-refractivity contribution in [3.63, 3.8) is 0 Å². The summed E-state index contributed by atoms with van der Waals surface area (Å²) in [6, 6.07) is 0.113. The third kappa shape index (κ3) is 3.07. The quantitative estimate of drug-likeness (QED) is 0.797. The predicted molar refractivity (Wildman–Crippen MR) is 69.4 cm³/mol. The highest BCUT2D eigenvalue weighted by Crippen LogP contribution is 2.23. The summed E-state index contributed by atoms with van der Waals surface area (Å²) < 4.78 is 1.67. The number of halogens is 1. The van der Waals surface area contributed by atoms with Crippen molar-refractivity contribution in [2.45, 2.75) is 39.7 Å². The van der Waals surface area contributed by atoms with E-state index in [1.165, 1.54) is 6.20 Å². The average molecular weight is 258 g/mol. The van der Waals surface area contributed by atoms with Gasteiger partial charge in [-0.3, -0.25) is 9.48 Å². The van der Waals surface area contributed by atoms with Crippen molar-refractivity contribution in [1.29, 1.82) is 0 Å². The molecule has 5 heteroatoms. The fourth-order valence-electron chi connectivity index (χ4n) is 1.86. The topological polar surface area (TPSA) is 60.9 Å². The van der Waals surface area contributed by atoms with Gasteiger partial charge >= 0.3 is 0 Å². The van der Waals surface area contributed by atoms with Gasteiger partial charge in [0.1, 0.15) is 5.69 Å². The van der Waals surface area contributed by atoms with Crippen molar-refractivity contribution in [3.8, 4) is 0 Å². The van der Waals surface area contributed by atoms with Crippen LogP contribution in [0.15, 0.2) is 6.20 Å². The fourth-order valence-corrected chi connectivity index (χ4v) is 2.08. The number of ketones is 1. The number of nitrogens with two attached hydrogens (primary N) is 1. The van der Waals surface area contributed by atoms with Crippen LogP contribution in [0.1, 0.15) is 50.1 Å². The van der Waals surface area contributed by atoms with E-state index in [0.717, 1.165) is 12.8 Å². The Balaban J connectivity index is 3.05. The summed E-state index contributed by atoms with van der Waals surface area (Å²) in [4.78, 5) is 12.3. The second-order valence-corrected chi connectivity index (χ2v) is 4.87. The number of hydrogen-bond acceptors (Lipinski definition) is 3. The van der Waals surface area contributed by atoms with Gasteiger partial charge < -0.3 is 5.73 Å². The molecule has 0 saturated heterocycles. The molecule has 0 aliphatic heterocycles. The van der Waals surface area contributed by atoms with Crippen molar-refractivity contribution < 1.29 is 4.79 Å². The van der Waals surface area contributed by atoms with Gasteiger partial charge in [0.05, 0.1) is 11.2 Å². The first-order chi connectivity index (χ1) is 8.02. The lowest BCUT2D eigenvalue weighted by molar-refractivity contribution is 0.0904. The summed E-state index contributed by atoms with van der Waals surface area (Å²) >= 11 is 6.04. The zero-order valence-corrected chi connectivity index (χ0v) is 11.4. The normalized spacial score (nSPS) is 13.1. The molecule has 0 fully saturated rings. The highest BCUT2D eigenvalue weighted by Gasteiger charge is 2.25. The van der Waals surface area contributed by atoms with Gasteiger partial charge in [0.25, 0.3) is 0 Å². The summed E-state index contributed by atoms with van der Waals surface area (Å²) in [6.45, 7) is 6.33. The van der Waals surface area contributed by atoms with Gasteiger partial charge in [-0.15, -0.1) is 0 Å². The van der Waals surface area contributed by atoms with Crippen LogP contribution in [0.4, 0.5) is 0 Å². The van der Waals surface area contributed by atoms with E-state index >= 15 is 0 Å². The van der Waals surface area contributed by atoms with Gasteiger partial charge in [-0.25, -0.2) is 0 Å². The van der Waals surface area contributed by atoms with Crippen molar-refractivity contribution in [3.05, 3.63) is 16.9 Å². The molecular weight excluding hydrogens is 238 g/mol. The van der Waals surface area contributed by atoms with Crippen LogP contribution in [0.2, 0.25) is 5.02 Å². The molecule has 1 aromatic heterocycles. The highest BCUT2D eigenvalue weighted by atomic mass is 35.5. The Kier molecular flexibility index (Phi) is 5.15. The standard InChI is InChI=1S/C12H20ClN3O/c1-4-5-9(6-14)12(17)11-10(13)7-15-16(11)8(2)3/h7-9H,4-6,14H2,1-3H3. The first-order valence-corrected chi connectivity index (χ1v) is 6.37. The summed E-state index contributed by atoms with van der Waals surface area (Å²) in [5, 5.41) is 4.55. The van der Waals surface area contributed by atoms with Crippen molar-refractivity contribution >= 4 is 17.4 Å². The van der Waals surface area contributed by atoms with Crippen LogP contribution in [0.3, 0.4) is 0 Å². The summed E-state index contributed by atoms with van der Waals surface area (Å²) in [6.07, 6.45) is 3.24. The number of aromatic nitrogens is 2. The van der Waals surface area contributed by atoms with Crippen LogP contribution < -0.4 is 5.73 Å². The van der Waals surface area contributed by atoms with E-state index < -0.39 is 0 Å². The summed E-state index contributed by atoms with van der Waals surface area (Å²) in [5.74, 6) is -0.155. The van der Waals surface area contributed by atoms with Gasteiger partial charge in [-0.05, 0) is 20.3 Å². The molecule has 0 spiro atoms. The molecule has 0 saturated carbocycles. The molecule has 1 heterocycles. The molecule has 4 nitrogen and oxygen atoms in total. The first-order valence-electron chi connectivity index (χ1n) is 6.00. The molecule has 2 N–H and O–H groups in total. The molecule has 1 aromatic rings. The Bertz CT molecular complexity index is 387. The number of carbonyl (C=O) groups excluding carboxylic acids is 1. The number of nitrogens with zero attached hydrogens (tertiary/aromatic N) is 2. The maximum atomic E-state index is 12.3. The third-order valence-corrected chi connectivity index (χ3v) is 3.04. The Hall–Kier alpha value is -0.870. The fraction of sp³-hybridized carbons (Fsp3) is 0.667. The van der Waals surface area contributed by atoms with Gasteiger partial charge in [0, 0.05) is 18.5 Å². The van der Waals surface area contributed by atoms with Crippen molar-refractivity contribution in [2.24, 2.45) is 11.7 Å². The Morgan fingerprint density at radius 1 is 1.59 bits per heavy atom. The lowest BCUT2D eigenvalue weighted by Crippen LogP contribution is -2.26. The van der Waals surface area contributed by atoms with E-state index in [0.29, 0.717) is 17.3 Å². The zero-order chi connectivity index (χ0) is 13.0. The van der Waals surface area contributed by atoms with E-state index in [4.69, 9.17) is 17.3 Å². The largest absolute Gasteiger partial charge is 0.330 e. The van der Waals surface area contributed by atoms with Crippen molar-refractivity contribution in [2.75, 3.05) is 6.54 Å². The third-order valence-electron chi connectivity index (χ3n) is 2.77. The Labute approximate surface area is 107 Å². The molecule has 0 amide bonds. The molecule has 96 valence electrons. The molecule has 0 bridgehead atoms. The molecule has 17 heavy (non-hydrogen) atoms. The highest BCUT2D eigenvalue weighted by molar-refractivity contribution is 6.33. The van der Waals surface area contributed by atoms with Crippen LogP contribution in [0.25, 0.3) is 0 Å². The smallest absolute Gasteiger partial charge is 0.186 e. The first kappa shape index (κ1) is 14.2. The van der Waals surface area contributed by atoms with E-state index in [9.17, 15) is 4.79 Å². The van der Waals surface area contributed by atoms with Gasteiger partial charge in [-0.1, -0.05) is 24.9 Å². The SMILES string of the molecule is CCCC(CN)C(=O)c1c(Cl)cnn1C(C)C. The molecule has 0 aliphatic rings. The van der Waals surface area contributed by atoms with Gasteiger partial charge in [0.15, 0.2) is 5.78 Å². The average Bonchev–Trinajstić information content (AvgIpc) is 2.67. The van der Waals surface area contributed by atoms with Crippen LogP contribution in [0, 0.1) is 5.92 Å². The van der Waals surface area contributed by atoms with E-state index in [-0.39, 0.29) is 17.7 Å². The number of hydrogen-bond donors (Lipinski definition) is 1. The lowest BCUT2D eigenvalue weighted by atomic mass is 9.96. The molecule has 0 aromatic carbocycles. The number of carbonyl (C=O) groups is 1. The maximum absolute atomic E-state index is 12.3.